The van der Waals surface area contributed by atoms with E-state index < -0.39 is 12.2 Å². The van der Waals surface area contributed by atoms with Crippen molar-refractivity contribution in [2.75, 3.05) is 7.11 Å². The van der Waals surface area contributed by atoms with Crippen LogP contribution in [0.2, 0.25) is 0 Å². The van der Waals surface area contributed by atoms with Gasteiger partial charge in [-0.05, 0) is 55.5 Å². The van der Waals surface area contributed by atoms with E-state index in [0.29, 0.717) is 22.8 Å². The number of hydrogen-bond donors (Lipinski definition) is 1. The van der Waals surface area contributed by atoms with Crippen LogP contribution in [0, 0.1) is 6.92 Å². The third-order valence-electron chi connectivity index (χ3n) is 6.29. The first-order valence-corrected chi connectivity index (χ1v) is 11.6. The van der Waals surface area contributed by atoms with Crippen molar-refractivity contribution in [2.24, 2.45) is 0 Å². The second-order valence-corrected chi connectivity index (χ2v) is 8.63. The maximum absolute atomic E-state index is 12.4. The molecule has 0 radical (unpaired) electrons. The summed E-state index contributed by atoms with van der Waals surface area (Å²) in [6, 6.07) is 25.9. The minimum absolute atomic E-state index is 0.107. The summed E-state index contributed by atoms with van der Waals surface area (Å²) in [5.41, 5.74) is 6.70. The molecule has 0 fully saturated rings. The Kier molecular flexibility index (Phi) is 5.47. The van der Waals surface area contributed by atoms with Crippen molar-refractivity contribution >= 4 is 11.7 Å². The number of furan rings is 1. The third-order valence-corrected chi connectivity index (χ3v) is 6.29. The zero-order valence-corrected chi connectivity index (χ0v) is 19.8. The highest BCUT2D eigenvalue weighted by Crippen LogP contribution is 2.49. The summed E-state index contributed by atoms with van der Waals surface area (Å²) in [4.78, 5) is 12.4. The molecule has 7 heteroatoms. The summed E-state index contributed by atoms with van der Waals surface area (Å²) >= 11 is 0. The highest BCUT2D eigenvalue weighted by Gasteiger charge is 2.41. The first kappa shape index (κ1) is 22.0. The summed E-state index contributed by atoms with van der Waals surface area (Å²) in [6.07, 6.45) is 1.66. The molecule has 2 aliphatic rings. The Bertz CT molecular complexity index is 1440. The van der Waals surface area contributed by atoms with Crippen LogP contribution >= 0.6 is 0 Å². The van der Waals surface area contributed by atoms with Crippen molar-refractivity contribution < 1.29 is 23.4 Å². The third kappa shape index (κ3) is 3.89. The van der Waals surface area contributed by atoms with E-state index in [1.165, 1.54) is 0 Å². The minimum atomic E-state index is -0.470. The summed E-state index contributed by atoms with van der Waals surface area (Å²) in [5, 5.41) is 2.04. The Hall–Kier alpha value is -4.49. The Labute approximate surface area is 208 Å². The molecule has 2 aliphatic heterocycles. The number of ether oxygens (including phenoxy) is 3. The maximum Gasteiger partial charge on any atom is 0.343 e. The van der Waals surface area contributed by atoms with Gasteiger partial charge in [0.05, 0.1) is 24.4 Å². The van der Waals surface area contributed by atoms with Crippen LogP contribution in [0.5, 0.6) is 17.2 Å². The quantitative estimate of drug-likeness (QED) is 0.285. The average molecular weight is 481 g/mol. The number of fused-ring (bicyclic) bond motifs is 3. The van der Waals surface area contributed by atoms with Crippen LogP contribution in [0.1, 0.15) is 45.3 Å². The van der Waals surface area contributed by atoms with Crippen molar-refractivity contribution in [1.29, 1.82) is 0 Å². The van der Waals surface area contributed by atoms with Crippen LogP contribution < -0.4 is 19.6 Å². The lowest BCUT2D eigenvalue weighted by molar-refractivity contribution is -0.0344. The van der Waals surface area contributed by atoms with E-state index in [-0.39, 0.29) is 6.04 Å². The largest absolute Gasteiger partial charge is 0.493 e. The van der Waals surface area contributed by atoms with E-state index in [0.717, 1.165) is 28.3 Å². The monoisotopic (exact) mass is 480 g/mol. The molecule has 0 aliphatic carbocycles. The molecule has 2 unspecified atom stereocenters. The number of para-hydroxylation sites is 1. The normalized spacial score (nSPS) is 18.3. The molecular weight excluding hydrogens is 456 g/mol. The van der Waals surface area contributed by atoms with Gasteiger partial charge in [-0.1, -0.05) is 42.5 Å². The van der Waals surface area contributed by atoms with Crippen LogP contribution in [0.25, 0.3) is 5.70 Å². The fourth-order valence-corrected chi connectivity index (χ4v) is 4.54. The van der Waals surface area contributed by atoms with Crippen molar-refractivity contribution in [3.05, 3.63) is 119 Å². The Morgan fingerprint density at radius 3 is 2.47 bits per heavy atom. The van der Waals surface area contributed by atoms with Gasteiger partial charge in [0.25, 0.3) is 0 Å². The fourth-order valence-electron chi connectivity index (χ4n) is 4.54. The average Bonchev–Trinajstić information content (AvgIpc) is 3.55. The topological polar surface area (TPSA) is 73.2 Å². The van der Waals surface area contributed by atoms with Crippen molar-refractivity contribution in [3.8, 4) is 17.2 Å². The van der Waals surface area contributed by atoms with Gasteiger partial charge < -0.3 is 24.1 Å². The summed E-state index contributed by atoms with van der Waals surface area (Å²) < 4.78 is 23.5. The molecule has 1 aromatic heterocycles. The van der Waals surface area contributed by atoms with Gasteiger partial charge in [-0.2, -0.15) is 5.01 Å². The second kappa shape index (κ2) is 8.94. The number of nitrogens with one attached hydrogen (secondary N) is 1. The van der Waals surface area contributed by atoms with Gasteiger partial charge in [-0.15, -0.1) is 0 Å². The zero-order valence-electron chi connectivity index (χ0n) is 19.8. The molecule has 4 aromatic rings. The predicted octanol–water partition coefficient (Wildman–Crippen LogP) is 5.81. The molecule has 2 atom stereocenters. The van der Waals surface area contributed by atoms with Gasteiger partial charge in [0.15, 0.2) is 23.5 Å². The van der Waals surface area contributed by atoms with E-state index in [4.69, 9.17) is 18.6 Å². The maximum atomic E-state index is 12.4. The number of benzene rings is 3. The number of carbonyl (C=O) groups is 1. The van der Waals surface area contributed by atoms with E-state index in [2.05, 4.69) is 11.5 Å². The second-order valence-electron chi connectivity index (χ2n) is 8.63. The molecule has 3 heterocycles. The molecule has 36 heavy (non-hydrogen) atoms. The molecule has 0 spiro atoms. The Balaban J connectivity index is 1.31. The smallest absolute Gasteiger partial charge is 0.343 e. The predicted molar refractivity (Wildman–Crippen MR) is 133 cm³/mol. The van der Waals surface area contributed by atoms with Crippen molar-refractivity contribution in [3.63, 3.8) is 0 Å². The van der Waals surface area contributed by atoms with Gasteiger partial charge in [0.1, 0.15) is 11.5 Å². The van der Waals surface area contributed by atoms with Gasteiger partial charge in [-0.25, -0.2) is 4.79 Å². The number of aryl methyl sites for hydroxylation is 1. The van der Waals surface area contributed by atoms with Gasteiger partial charge >= 0.3 is 5.97 Å². The molecule has 1 N–H and O–H groups in total. The number of carbonyl (C=O) groups excluding carboxylic acids is 1. The van der Waals surface area contributed by atoms with Gasteiger partial charge in [0.2, 0.25) is 0 Å². The fraction of sp³-hybridized carbons (Fsp3) is 0.138. The van der Waals surface area contributed by atoms with Gasteiger partial charge in [0, 0.05) is 11.1 Å². The van der Waals surface area contributed by atoms with Crippen LogP contribution in [0.15, 0.2) is 95.4 Å². The summed E-state index contributed by atoms with van der Waals surface area (Å²) in [6.45, 7) is 1.92. The van der Waals surface area contributed by atoms with E-state index >= 15 is 0 Å². The van der Waals surface area contributed by atoms with Crippen LogP contribution in [-0.4, -0.2) is 18.1 Å². The Morgan fingerprint density at radius 1 is 0.944 bits per heavy atom. The molecule has 0 bridgehead atoms. The molecule has 6 rings (SSSR count). The summed E-state index contributed by atoms with van der Waals surface area (Å²) in [7, 11) is 1.63. The van der Waals surface area contributed by atoms with Gasteiger partial charge in [-0.3, -0.25) is 0 Å². The minimum Gasteiger partial charge on any atom is -0.493 e. The number of hydrogen-bond acceptors (Lipinski definition) is 7. The molecule has 3 aromatic carbocycles. The van der Waals surface area contributed by atoms with Crippen molar-refractivity contribution in [1.82, 2.24) is 10.4 Å². The molecule has 7 nitrogen and oxygen atoms in total. The molecule has 0 amide bonds. The number of rotatable bonds is 5. The summed E-state index contributed by atoms with van der Waals surface area (Å²) in [5.74, 6) is 3.01. The van der Waals surface area contributed by atoms with Crippen molar-refractivity contribution in [2.45, 2.75) is 19.2 Å². The lowest BCUT2D eigenvalue weighted by Gasteiger charge is -2.39. The zero-order chi connectivity index (χ0) is 24.6. The number of esters is 1. The van der Waals surface area contributed by atoms with Crippen LogP contribution in [0.4, 0.5) is 0 Å². The highest BCUT2D eigenvalue weighted by atomic mass is 16.5. The number of nitrogens with zero attached hydrogens (tertiary/aromatic N) is 1. The molecule has 0 saturated carbocycles. The SMILES string of the molecule is COc1cccc2c1OC(c1ccc(OC(=O)c3ccccc3)cc1)N1NC(c3ccc(C)o3)=CC21. The number of hydrazine groups is 1. The molecular formula is C29H24N2O5. The lowest BCUT2D eigenvalue weighted by Crippen LogP contribution is -2.43. The van der Waals surface area contributed by atoms with E-state index in [1.54, 1.807) is 43.5 Å². The lowest BCUT2D eigenvalue weighted by atomic mass is 10.0. The molecule has 180 valence electrons. The van der Waals surface area contributed by atoms with Crippen LogP contribution in [0.3, 0.4) is 0 Å². The standard InChI is InChI=1S/C29H24N2O5/c1-18-11-16-25(34-18)23-17-24-22-9-6-10-26(33-2)27(22)36-28(31(24)30-23)19-12-14-21(15-13-19)35-29(32)20-7-4-3-5-8-20/h3-17,24,28,30H,1-2H3. The first-order chi connectivity index (χ1) is 17.6. The Morgan fingerprint density at radius 2 is 1.75 bits per heavy atom. The van der Waals surface area contributed by atoms with E-state index in [9.17, 15) is 4.79 Å². The van der Waals surface area contributed by atoms with E-state index in [1.807, 2.05) is 60.5 Å². The number of methoxy groups -OCH3 is 1. The van der Waals surface area contributed by atoms with Crippen LogP contribution in [-0.2, 0) is 0 Å². The first-order valence-electron chi connectivity index (χ1n) is 11.6. The highest BCUT2D eigenvalue weighted by molar-refractivity contribution is 5.90. The molecule has 0 saturated heterocycles.